The van der Waals surface area contributed by atoms with Gasteiger partial charge in [-0.25, -0.2) is 0 Å². The molecule has 0 aromatic heterocycles. The molecule has 0 radical (unpaired) electrons. The van der Waals surface area contributed by atoms with Gasteiger partial charge in [-0.05, 0) is 60.9 Å². The first-order valence-corrected chi connectivity index (χ1v) is 12.1. The molecule has 35 heavy (non-hydrogen) atoms. The van der Waals surface area contributed by atoms with Gasteiger partial charge in [-0.1, -0.05) is 46.2 Å². The van der Waals surface area contributed by atoms with Crippen molar-refractivity contribution in [2.24, 2.45) is 21.3 Å². The number of fused-ring (bicyclic) bond motifs is 2. The molecule has 8 heteroatoms. The summed E-state index contributed by atoms with van der Waals surface area (Å²) in [7, 11) is 0. The van der Waals surface area contributed by atoms with Gasteiger partial charge in [0, 0.05) is 23.2 Å². The molecule has 0 heterocycles. The van der Waals surface area contributed by atoms with Gasteiger partial charge in [0.1, 0.15) is 11.1 Å². The number of anilines is 2. The van der Waals surface area contributed by atoms with Crippen LogP contribution in [0.1, 0.15) is 58.9 Å². The number of nitro benzene ring substituents is 1. The van der Waals surface area contributed by atoms with Crippen molar-refractivity contribution < 1.29 is 14.5 Å². The van der Waals surface area contributed by atoms with E-state index in [0.29, 0.717) is 29.9 Å². The number of amides is 1. The summed E-state index contributed by atoms with van der Waals surface area (Å²) in [6.07, 6.45) is 4.37. The van der Waals surface area contributed by atoms with E-state index in [9.17, 15) is 19.7 Å². The Kier molecular flexibility index (Phi) is 6.25. The number of benzene rings is 2. The number of hydrazone groups is 1. The van der Waals surface area contributed by atoms with Gasteiger partial charge in [-0.15, -0.1) is 0 Å². The summed E-state index contributed by atoms with van der Waals surface area (Å²) in [5.74, 6) is -0.555. The van der Waals surface area contributed by atoms with Gasteiger partial charge in [0.25, 0.3) is 5.69 Å². The molecule has 2 unspecified atom stereocenters. The van der Waals surface area contributed by atoms with E-state index >= 15 is 0 Å². The highest BCUT2D eigenvalue weighted by Crippen LogP contribution is 2.69. The summed E-state index contributed by atoms with van der Waals surface area (Å²) in [6, 6.07) is 13.7. The fraction of sp³-hybridized carbons (Fsp3) is 0.444. The van der Waals surface area contributed by atoms with Crippen LogP contribution in [0.25, 0.3) is 0 Å². The Hall–Kier alpha value is -3.55. The number of carbonyl (C=O) groups is 2. The lowest BCUT2D eigenvalue weighted by Gasteiger charge is -2.37. The van der Waals surface area contributed by atoms with Crippen molar-refractivity contribution in [1.82, 2.24) is 0 Å². The molecule has 2 bridgehead atoms. The van der Waals surface area contributed by atoms with Crippen molar-refractivity contribution in [1.29, 1.82) is 0 Å². The van der Waals surface area contributed by atoms with Crippen molar-refractivity contribution in [3.8, 4) is 0 Å². The molecule has 0 aliphatic heterocycles. The van der Waals surface area contributed by atoms with Crippen LogP contribution < -0.4 is 10.7 Å². The van der Waals surface area contributed by atoms with Crippen LogP contribution in [-0.4, -0.2) is 22.3 Å². The van der Waals surface area contributed by atoms with E-state index < -0.39 is 21.2 Å². The van der Waals surface area contributed by atoms with Crippen molar-refractivity contribution in [2.45, 2.75) is 59.8 Å². The van der Waals surface area contributed by atoms with Crippen molar-refractivity contribution in [3.05, 3.63) is 64.2 Å². The number of aryl methyl sites for hydroxylation is 1. The number of nitrogens with zero attached hydrogens (tertiary/aromatic N) is 2. The first kappa shape index (κ1) is 24.6. The molecule has 0 spiro atoms. The molecule has 2 N–H and O–H groups in total. The monoisotopic (exact) mass is 476 g/mol. The van der Waals surface area contributed by atoms with Gasteiger partial charge in [0.2, 0.25) is 5.91 Å². The average molecular weight is 477 g/mol. The van der Waals surface area contributed by atoms with E-state index in [1.165, 1.54) is 17.7 Å². The minimum Gasteiger partial charge on any atom is -0.325 e. The highest BCUT2D eigenvalue weighted by Gasteiger charge is 2.76. The van der Waals surface area contributed by atoms with Gasteiger partial charge in [0.15, 0.2) is 5.78 Å². The fourth-order valence-electron chi connectivity index (χ4n) is 5.62. The standard InChI is InChI=1S/C27H32N4O4/c1-5-6-7-18-8-10-19(11-9-18)28-24(33)27-17-16-26(4,25(27,2)3)22(23(27)32)30-29-20-12-14-21(15-13-20)31(34)35/h8-15,29H,5-7,16-17H2,1-4H3,(H,28,33)/b30-22+. The van der Waals surface area contributed by atoms with Gasteiger partial charge >= 0.3 is 0 Å². The Morgan fingerprint density at radius 3 is 2.26 bits per heavy atom. The van der Waals surface area contributed by atoms with Crippen LogP contribution in [0.3, 0.4) is 0 Å². The number of nitro groups is 1. The largest absolute Gasteiger partial charge is 0.325 e. The Morgan fingerprint density at radius 2 is 1.66 bits per heavy atom. The van der Waals surface area contributed by atoms with Crippen molar-refractivity contribution in [3.63, 3.8) is 0 Å². The number of hydrogen-bond donors (Lipinski definition) is 2. The Bertz CT molecular complexity index is 1190. The first-order valence-electron chi connectivity index (χ1n) is 12.1. The lowest BCUT2D eigenvalue weighted by atomic mass is 9.64. The number of ketones is 1. The zero-order valence-corrected chi connectivity index (χ0v) is 20.7. The molecule has 4 rings (SSSR count). The van der Waals surface area contributed by atoms with E-state index in [0.717, 1.165) is 19.3 Å². The molecular formula is C27H32N4O4. The molecule has 2 saturated carbocycles. The lowest BCUT2D eigenvalue weighted by Crippen LogP contribution is -2.47. The second-order valence-corrected chi connectivity index (χ2v) is 10.3. The number of hydrogen-bond acceptors (Lipinski definition) is 6. The van der Waals surface area contributed by atoms with Gasteiger partial charge in [-0.3, -0.25) is 25.1 Å². The minimum atomic E-state index is -1.21. The molecule has 1 amide bonds. The predicted octanol–water partition coefficient (Wildman–Crippen LogP) is 5.74. The third kappa shape index (κ3) is 3.81. The second-order valence-electron chi connectivity index (χ2n) is 10.3. The molecule has 2 aromatic rings. The van der Waals surface area contributed by atoms with Crippen LogP contribution in [0.2, 0.25) is 0 Å². The third-order valence-electron chi connectivity index (χ3n) is 8.37. The van der Waals surface area contributed by atoms with E-state index in [2.05, 4.69) is 22.8 Å². The number of nitrogens with one attached hydrogen (secondary N) is 2. The summed E-state index contributed by atoms with van der Waals surface area (Å²) in [5.41, 5.74) is 3.19. The quantitative estimate of drug-likeness (QED) is 0.286. The number of carbonyl (C=O) groups excluding carboxylic acids is 2. The molecule has 2 aliphatic carbocycles. The Morgan fingerprint density at radius 1 is 1.03 bits per heavy atom. The predicted molar refractivity (Wildman–Crippen MR) is 136 cm³/mol. The third-order valence-corrected chi connectivity index (χ3v) is 8.37. The SMILES string of the molecule is CCCCc1ccc(NC(=O)C23CCC(C)(/C(=N/Nc4ccc([N+](=O)[O-])cc4)C2=O)C3(C)C)cc1. The zero-order chi connectivity index (χ0) is 25.4. The number of Topliss-reactive ketones (excluding diaryl/α,β-unsaturated/α-hetero) is 1. The summed E-state index contributed by atoms with van der Waals surface area (Å²) in [5, 5.41) is 18.3. The molecule has 2 fully saturated rings. The molecule has 8 nitrogen and oxygen atoms in total. The van der Waals surface area contributed by atoms with Crippen LogP contribution in [0.15, 0.2) is 53.6 Å². The number of non-ortho nitro benzene ring substituents is 1. The van der Waals surface area contributed by atoms with Gasteiger partial charge < -0.3 is 5.32 Å². The highest BCUT2D eigenvalue weighted by molar-refractivity contribution is 6.51. The lowest BCUT2D eigenvalue weighted by molar-refractivity contribution is -0.384. The maximum atomic E-state index is 13.8. The van der Waals surface area contributed by atoms with Gasteiger partial charge in [-0.2, -0.15) is 5.10 Å². The first-order chi connectivity index (χ1) is 16.6. The van der Waals surface area contributed by atoms with Crippen LogP contribution in [0.5, 0.6) is 0 Å². The van der Waals surface area contributed by atoms with E-state index in [-0.39, 0.29) is 17.4 Å². The van der Waals surface area contributed by atoms with Gasteiger partial charge in [0.05, 0.1) is 10.6 Å². The van der Waals surface area contributed by atoms with E-state index in [1.54, 1.807) is 12.1 Å². The summed E-state index contributed by atoms with van der Waals surface area (Å²) >= 11 is 0. The minimum absolute atomic E-state index is 0.0266. The smallest absolute Gasteiger partial charge is 0.269 e. The van der Waals surface area contributed by atoms with E-state index in [4.69, 9.17) is 0 Å². The van der Waals surface area contributed by atoms with Crippen LogP contribution in [-0.2, 0) is 16.0 Å². The maximum absolute atomic E-state index is 13.8. The van der Waals surface area contributed by atoms with E-state index in [1.807, 2.05) is 45.0 Å². The summed E-state index contributed by atoms with van der Waals surface area (Å²) in [4.78, 5) is 37.8. The summed E-state index contributed by atoms with van der Waals surface area (Å²) < 4.78 is 0. The second kappa shape index (κ2) is 8.91. The molecular weight excluding hydrogens is 444 g/mol. The number of rotatable bonds is 8. The van der Waals surface area contributed by atoms with Crippen LogP contribution in [0.4, 0.5) is 17.1 Å². The molecule has 0 saturated heterocycles. The highest BCUT2D eigenvalue weighted by atomic mass is 16.6. The Labute approximate surface area is 205 Å². The zero-order valence-electron chi connectivity index (χ0n) is 20.7. The number of unbranched alkanes of at least 4 members (excludes halogenated alkanes) is 1. The molecule has 2 aliphatic rings. The molecule has 2 atom stereocenters. The fourth-order valence-corrected chi connectivity index (χ4v) is 5.62. The molecule has 184 valence electrons. The normalized spacial score (nSPS) is 25.6. The maximum Gasteiger partial charge on any atom is 0.269 e. The van der Waals surface area contributed by atoms with Crippen LogP contribution >= 0.6 is 0 Å². The van der Waals surface area contributed by atoms with Crippen LogP contribution in [0, 0.1) is 26.4 Å². The Balaban J connectivity index is 1.58. The average Bonchev–Trinajstić information content (AvgIpc) is 3.12. The summed E-state index contributed by atoms with van der Waals surface area (Å²) in [6.45, 7) is 8.09. The molecule has 2 aromatic carbocycles. The van der Waals surface area contributed by atoms with Crippen molar-refractivity contribution >= 4 is 34.5 Å². The van der Waals surface area contributed by atoms with Crippen molar-refractivity contribution in [2.75, 3.05) is 10.7 Å². The topological polar surface area (TPSA) is 114 Å².